The topological polar surface area (TPSA) is 51.5 Å². The molecule has 1 heterocycles. The van der Waals surface area contributed by atoms with Crippen LogP contribution in [0.15, 0.2) is 59.0 Å². The average molecular weight is 356 g/mol. The lowest BCUT2D eigenvalue weighted by molar-refractivity contribution is 0.0992. The van der Waals surface area contributed by atoms with Gasteiger partial charge in [0.15, 0.2) is 5.76 Å². The number of para-hydroxylation sites is 1. The second-order valence-corrected chi connectivity index (χ2v) is 6.09. The number of benzene rings is 2. The van der Waals surface area contributed by atoms with Crippen molar-refractivity contribution in [3.05, 3.63) is 82.3 Å². The molecule has 1 N–H and O–H groups in total. The summed E-state index contributed by atoms with van der Waals surface area (Å²) < 4.78 is 11.3. The van der Waals surface area contributed by atoms with Gasteiger partial charge in [-0.2, -0.15) is 0 Å². The molecule has 0 aliphatic heterocycles. The van der Waals surface area contributed by atoms with E-state index in [1.807, 2.05) is 38.1 Å². The van der Waals surface area contributed by atoms with Gasteiger partial charge in [0.25, 0.3) is 5.91 Å². The zero-order valence-corrected chi connectivity index (χ0v) is 14.8. The van der Waals surface area contributed by atoms with Crippen LogP contribution in [-0.2, 0) is 6.61 Å². The van der Waals surface area contributed by atoms with Crippen LogP contribution in [0.1, 0.15) is 27.4 Å². The van der Waals surface area contributed by atoms with Crippen LogP contribution in [0.5, 0.6) is 5.75 Å². The molecule has 25 heavy (non-hydrogen) atoms. The third-order valence-corrected chi connectivity index (χ3v) is 4.27. The van der Waals surface area contributed by atoms with E-state index in [-0.39, 0.29) is 18.3 Å². The highest BCUT2D eigenvalue weighted by atomic mass is 35.5. The van der Waals surface area contributed by atoms with E-state index in [1.165, 1.54) is 0 Å². The minimum absolute atomic E-state index is 0.225. The van der Waals surface area contributed by atoms with Gasteiger partial charge >= 0.3 is 0 Å². The molecule has 0 fully saturated rings. The number of furan rings is 1. The predicted molar refractivity (Wildman–Crippen MR) is 98.4 cm³/mol. The van der Waals surface area contributed by atoms with Crippen molar-refractivity contribution in [3.63, 3.8) is 0 Å². The van der Waals surface area contributed by atoms with E-state index >= 15 is 0 Å². The second kappa shape index (κ2) is 7.45. The fraction of sp³-hybridized carbons (Fsp3) is 0.150. The minimum Gasteiger partial charge on any atom is -0.485 e. The summed E-state index contributed by atoms with van der Waals surface area (Å²) >= 11 is 6.07. The van der Waals surface area contributed by atoms with E-state index in [9.17, 15) is 4.79 Å². The Hall–Kier alpha value is -2.72. The molecule has 1 aromatic heterocycles. The minimum atomic E-state index is -0.326. The summed E-state index contributed by atoms with van der Waals surface area (Å²) in [5, 5.41) is 3.41. The molecule has 4 nitrogen and oxygen atoms in total. The number of carbonyl (C=O) groups excluding carboxylic acids is 1. The van der Waals surface area contributed by atoms with E-state index in [0.29, 0.717) is 16.5 Å². The first-order valence-electron chi connectivity index (χ1n) is 7.88. The van der Waals surface area contributed by atoms with Crippen molar-refractivity contribution in [1.29, 1.82) is 0 Å². The van der Waals surface area contributed by atoms with Crippen LogP contribution in [-0.4, -0.2) is 5.91 Å². The zero-order valence-electron chi connectivity index (χ0n) is 14.0. The Balaban J connectivity index is 1.65. The first-order chi connectivity index (χ1) is 12.0. The number of anilines is 1. The summed E-state index contributed by atoms with van der Waals surface area (Å²) in [6.45, 7) is 4.08. The average Bonchev–Trinajstić information content (AvgIpc) is 3.07. The fourth-order valence-corrected chi connectivity index (χ4v) is 2.55. The molecule has 5 heteroatoms. The van der Waals surface area contributed by atoms with E-state index in [4.69, 9.17) is 20.8 Å². The molecule has 0 atom stereocenters. The summed E-state index contributed by atoms with van der Waals surface area (Å²) in [6, 6.07) is 16.5. The quantitative estimate of drug-likeness (QED) is 0.668. The van der Waals surface area contributed by atoms with Crippen LogP contribution in [0.25, 0.3) is 0 Å². The molecule has 0 aliphatic carbocycles. The number of halogens is 1. The molecule has 0 saturated carbocycles. The Morgan fingerprint density at radius 3 is 2.68 bits per heavy atom. The number of hydrogen-bond acceptors (Lipinski definition) is 3. The van der Waals surface area contributed by atoms with Gasteiger partial charge in [0.05, 0.1) is 0 Å². The monoisotopic (exact) mass is 355 g/mol. The highest BCUT2D eigenvalue weighted by Crippen LogP contribution is 2.24. The van der Waals surface area contributed by atoms with Crippen LogP contribution in [0.4, 0.5) is 5.69 Å². The van der Waals surface area contributed by atoms with Crippen LogP contribution in [0.3, 0.4) is 0 Å². The lowest BCUT2D eigenvalue weighted by atomic mass is 10.2. The summed E-state index contributed by atoms with van der Waals surface area (Å²) in [7, 11) is 0. The highest BCUT2D eigenvalue weighted by molar-refractivity contribution is 6.31. The van der Waals surface area contributed by atoms with Gasteiger partial charge in [-0.15, -0.1) is 0 Å². The fourth-order valence-electron chi connectivity index (χ4n) is 2.37. The molecule has 0 aliphatic rings. The van der Waals surface area contributed by atoms with Crippen molar-refractivity contribution in [2.45, 2.75) is 20.5 Å². The third kappa shape index (κ3) is 4.03. The van der Waals surface area contributed by atoms with Crippen molar-refractivity contribution in [3.8, 4) is 5.75 Å². The molecule has 0 radical (unpaired) electrons. The van der Waals surface area contributed by atoms with Crippen LogP contribution < -0.4 is 10.1 Å². The summed E-state index contributed by atoms with van der Waals surface area (Å²) in [4.78, 5) is 12.3. The molecular formula is C20H18ClNO3. The van der Waals surface area contributed by atoms with Crippen LogP contribution >= 0.6 is 11.6 Å². The van der Waals surface area contributed by atoms with Gasteiger partial charge in [0, 0.05) is 10.7 Å². The number of nitrogens with one attached hydrogen (secondary N) is 1. The summed E-state index contributed by atoms with van der Waals surface area (Å²) in [5.74, 6) is 1.27. The van der Waals surface area contributed by atoms with Gasteiger partial charge in [0.2, 0.25) is 0 Å². The van der Waals surface area contributed by atoms with Gasteiger partial charge in [-0.05, 0) is 55.3 Å². The second-order valence-electron chi connectivity index (χ2n) is 5.69. The number of rotatable bonds is 5. The number of hydrogen-bond donors (Lipinski definition) is 1. The first-order valence-corrected chi connectivity index (χ1v) is 8.26. The van der Waals surface area contributed by atoms with Gasteiger partial charge in [-0.3, -0.25) is 4.79 Å². The number of aryl methyl sites for hydroxylation is 1. The number of carbonyl (C=O) groups is 1. The summed E-state index contributed by atoms with van der Waals surface area (Å²) in [5.41, 5.74) is 2.52. The van der Waals surface area contributed by atoms with Crippen LogP contribution in [0, 0.1) is 13.8 Å². The SMILES string of the molecule is Cc1ccccc1OCc1ccc(C(=O)Nc2cccc(Cl)c2C)o1. The molecule has 3 aromatic rings. The molecule has 1 amide bonds. The summed E-state index contributed by atoms with van der Waals surface area (Å²) in [6.07, 6.45) is 0. The zero-order chi connectivity index (χ0) is 17.8. The maximum Gasteiger partial charge on any atom is 0.291 e. The Morgan fingerprint density at radius 1 is 1.08 bits per heavy atom. The van der Waals surface area contributed by atoms with Crippen molar-refractivity contribution in [2.24, 2.45) is 0 Å². The number of ether oxygens (including phenoxy) is 1. The largest absolute Gasteiger partial charge is 0.485 e. The maximum absolute atomic E-state index is 12.3. The third-order valence-electron chi connectivity index (χ3n) is 3.86. The van der Waals surface area contributed by atoms with Gasteiger partial charge in [0.1, 0.15) is 18.1 Å². The van der Waals surface area contributed by atoms with Crippen molar-refractivity contribution in [1.82, 2.24) is 0 Å². The predicted octanol–water partition coefficient (Wildman–Crippen LogP) is 5.38. The molecule has 0 saturated heterocycles. The Morgan fingerprint density at radius 2 is 1.88 bits per heavy atom. The van der Waals surface area contributed by atoms with Gasteiger partial charge in [-0.25, -0.2) is 0 Å². The molecular weight excluding hydrogens is 338 g/mol. The lowest BCUT2D eigenvalue weighted by Crippen LogP contribution is -2.12. The lowest BCUT2D eigenvalue weighted by Gasteiger charge is -2.08. The normalized spacial score (nSPS) is 10.5. The van der Waals surface area contributed by atoms with E-state index in [2.05, 4.69) is 5.32 Å². The van der Waals surface area contributed by atoms with Crippen molar-refractivity contribution >= 4 is 23.2 Å². The Labute approximate surface area is 151 Å². The molecule has 3 rings (SSSR count). The van der Waals surface area contributed by atoms with Crippen LogP contribution in [0.2, 0.25) is 5.02 Å². The van der Waals surface area contributed by atoms with E-state index in [1.54, 1.807) is 30.3 Å². The molecule has 128 valence electrons. The van der Waals surface area contributed by atoms with E-state index in [0.717, 1.165) is 16.9 Å². The number of amides is 1. The van der Waals surface area contributed by atoms with Gasteiger partial charge < -0.3 is 14.5 Å². The van der Waals surface area contributed by atoms with Crippen molar-refractivity contribution < 1.29 is 13.9 Å². The van der Waals surface area contributed by atoms with Crippen molar-refractivity contribution in [2.75, 3.05) is 5.32 Å². The van der Waals surface area contributed by atoms with E-state index < -0.39 is 0 Å². The molecule has 0 bridgehead atoms. The molecule has 2 aromatic carbocycles. The Bertz CT molecular complexity index is 901. The standard InChI is InChI=1S/C20H18ClNO3/c1-13-6-3-4-9-18(13)24-12-15-10-11-19(25-15)20(23)22-17-8-5-7-16(21)14(17)2/h3-11H,12H2,1-2H3,(H,22,23). The highest BCUT2D eigenvalue weighted by Gasteiger charge is 2.13. The van der Waals surface area contributed by atoms with Gasteiger partial charge in [-0.1, -0.05) is 35.9 Å². The molecule has 0 spiro atoms. The maximum atomic E-state index is 12.3. The smallest absolute Gasteiger partial charge is 0.291 e. The molecule has 0 unspecified atom stereocenters. The Kier molecular flexibility index (Phi) is 5.10. The first kappa shape index (κ1) is 17.1.